The Hall–Kier alpha value is -1.36. The summed E-state index contributed by atoms with van der Waals surface area (Å²) >= 11 is 0. The first-order valence-corrected chi connectivity index (χ1v) is 6.69. The fourth-order valence-electron chi connectivity index (χ4n) is 2.29. The lowest BCUT2D eigenvalue weighted by Crippen LogP contribution is -2.40. The maximum Gasteiger partial charge on any atom is 0.272 e. The van der Waals surface area contributed by atoms with Crippen LogP contribution >= 0.6 is 0 Å². The van der Waals surface area contributed by atoms with Crippen LogP contribution < -0.4 is 0 Å². The van der Waals surface area contributed by atoms with Crippen molar-refractivity contribution in [3.63, 3.8) is 0 Å². The Labute approximate surface area is 107 Å². The van der Waals surface area contributed by atoms with Crippen LogP contribution in [0.5, 0.6) is 0 Å². The fraction of sp³-hybridized carbons (Fsp3) is 0.692. The molecule has 1 aliphatic heterocycles. The third-order valence-electron chi connectivity index (χ3n) is 3.46. The number of nitrogens with zero attached hydrogens (tertiary/aromatic N) is 3. The van der Waals surface area contributed by atoms with Gasteiger partial charge in [-0.05, 0) is 32.3 Å². The van der Waals surface area contributed by atoms with E-state index in [9.17, 15) is 9.90 Å². The average molecular weight is 251 g/mol. The van der Waals surface area contributed by atoms with Gasteiger partial charge in [0, 0.05) is 19.6 Å². The number of carbonyl (C=O) groups excluding carboxylic acids is 1. The number of aromatic nitrogens is 2. The lowest BCUT2D eigenvalue weighted by molar-refractivity contribution is 0.0536. The molecule has 1 amide bonds. The predicted molar refractivity (Wildman–Crippen MR) is 68.4 cm³/mol. The first-order chi connectivity index (χ1) is 8.65. The van der Waals surface area contributed by atoms with Crippen molar-refractivity contribution < 1.29 is 9.90 Å². The molecular formula is C13H21N3O2. The highest BCUT2D eigenvalue weighted by molar-refractivity contribution is 5.92. The maximum absolute atomic E-state index is 12.4. The van der Waals surface area contributed by atoms with E-state index in [1.165, 1.54) is 0 Å². The number of likely N-dealkylation sites (tertiary alicyclic amines) is 1. The topological polar surface area (TPSA) is 58.4 Å². The van der Waals surface area contributed by atoms with Crippen molar-refractivity contribution in [2.75, 3.05) is 13.1 Å². The molecule has 5 heteroatoms. The molecule has 0 aromatic carbocycles. The van der Waals surface area contributed by atoms with Gasteiger partial charge < -0.3 is 10.0 Å². The molecule has 1 aromatic heterocycles. The van der Waals surface area contributed by atoms with Crippen LogP contribution in [0.4, 0.5) is 0 Å². The summed E-state index contributed by atoms with van der Waals surface area (Å²) in [5, 5.41) is 13.9. The number of rotatable bonds is 3. The quantitative estimate of drug-likeness (QED) is 0.874. The van der Waals surface area contributed by atoms with Crippen LogP contribution in [0.1, 0.15) is 42.9 Å². The Bertz CT molecular complexity index is 420. The van der Waals surface area contributed by atoms with Gasteiger partial charge in [0.2, 0.25) is 0 Å². The van der Waals surface area contributed by atoms with Crippen molar-refractivity contribution >= 4 is 5.91 Å². The molecule has 0 unspecified atom stereocenters. The second-order valence-electron chi connectivity index (χ2n) is 4.71. The van der Waals surface area contributed by atoms with Gasteiger partial charge in [-0.2, -0.15) is 5.10 Å². The lowest BCUT2D eigenvalue weighted by Gasteiger charge is -2.29. The van der Waals surface area contributed by atoms with Crippen molar-refractivity contribution in [1.29, 1.82) is 0 Å². The van der Waals surface area contributed by atoms with Crippen molar-refractivity contribution in [3.05, 3.63) is 17.5 Å². The Morgan fingerprint density at radius 2 is 2.11 bits per heavy atom. The van der Waals surface area contributed by atoms with Gasteiger partial charge in [-0.3, -0.25) is 9.48 Å². The van der Waals surface area contributed by atoms with E-state index < -0.39 is 0 Å². The molecule has 0 aliphatic carbocycles. The second-order valence-corrected chi connectivity index (χ2v) is 4.71. The number of aliphatic hydroxyl groups excluding tert-OH is 1. The van der Waals surface area contributed by atoms with Crippen LogP contribution in [0.15, 0.2) is 6.07 Å². The van der Waals surface area contributed by atoms with Gasteiger partial charge in [0.05, 0.1) is 11.8 Å². The summed E-state index contributed by atoms with van der Waals surface area (Å²) in [6.45, 7) is 6.00. The Morgan fingerprint density at radius 1 is 1.44 bits per heavy atom. The summed E-state index contributed by atoms with van der Waals surface area (Å²) in [5.41, 5.74) is 1.63. The fourth-order valence-corrected chi connectivity index (χ4v) is 2.29. The summed E-state index contributed by atoms with van der Waals surface area (Å²) in [5.74, 6) is 0.0379. The number of piperidine rings is 1. The molecule has 100 valence electrons. The molecule has 0 bridgehead atoms. The van der Waals surface area contributed by atoms with Gasteiger partial charge in [-0.1, -0.05) is 6.92 Å². The van der Waals surface area contributed by atoms with E-state index in [4.69, 9.17) is 0 Å². The zero-order valence-corrected chi connectivity index (χ0v) is 11.1. The zero-order chi connectivity index (χ0) is 13.1. The molecule has 0 radical (unpaired) electrons. The monoisotopic (exact) mass is 251 g/mol. The van der Waals surface area contributed by atoms with Crippen LogP contribution in [-0.4, -0.2) is 44.9 Å². The van der Waals surface area contributed by atoms with Crippen molar-refractivity contribution in [2.45, 2.75) is 45.8 Å². The molecule has 0 spiro atoms. The third kappa shape index (κ3) is 2.56. The standard InChI is InChI=1S/C13H21N3O2/c1-3-10-9-12(16(4-2)14-10)13(18)15-7-5-11(17)6-8-15/h9,11,17H,3-8H2,1-2H3. The third-order valence-corrected chi connectivity index (χ3v) is 3.46. The highest BCUT2D eigenvalue weighted by Crippen LogP contribution is 2.15. The largest absolute Gasteiger partial charge is 0.393 e. The molecule has 2 heterocycles. The minimum Gasteiger partial charge on any atom is -0.393 e. The SMILES string of the molecule is CCc1cc(C(=O)N2CCC(O)CC2)n(CC)n1. The van der Waals surface area contributed by atoms with Gasteiger partial charge in [0.25, 0.3) is 5.91 Å². The van der Waals surface area contributed by atoms with Gasteiger partial charge in [0.1, 0.15) is 5.69 Å². The summed E-state index contributed by atoms with van der Waals surface area (Å²) in [7, 11) is 0. The van der Waals surface area contributed by atoms with Crippen molar-refractivity contribution in [1.82, 2.24) is 14.7 Å². The first kappa shape index (κ1) is 13.1. The lowest BCUT2D eigenvalue weighted by atomic mass is 10.1. The molecule has 1 saturated heterocycles. The first-order valence-electron chi connectivity index (χ1n) is 6.69. The molecule has 1 fully saturated rings. The number of aryl methyl sites for hydroxylation is 2. The zero-order valence-electron chi connectivity index (χ0n) is 11.1. The molecule has 0 saturated carbocycles. The van der Waals surface area contributed by atoms with E-state index in [1.54, 1.807) is 4.68 Å². The summed E-state index contributed by atoms with van der Waals surface area (Å²) in [4.78, 5) is 14.2. The molecule has 1 aliphatic rings. The van der Waals surface area contributed by atoms with Crippen LogP contribution in [0.2, 0.25) is 0 Å². The van der Waals surface area contributed by atoms with E-state index in [0.717, 1.165) is 12.1 Å². The van der Waals surface area contributed by atoms with E-state index in [1.807, 2.05) is 24.8 Å². The number of carbonyl (C=O) groups is 1. The van der Waals surface area contributed by atoms with E-state index >= 15 is 0 Å². The smallest absolute Gasteiger partial charge is 0.272 e. The van der Waals surface area contributed by atoms with Crippen LogP contribution in [0, 0.1) is 0 Å². The minimum absolute atomic E-state index is 0.0379. The predicted octanol–water partition coefficient (Wildman–Crippen LogP) is 1.06. The summed E-state index contributed by atoms with van der Waals surface area (Å²) in [6.07, 6.45) is 1.93. The van der Waals surface area contributed by atoms with Gasteiger partial charge in [-0.15, -0.1) is 0 Å². The Kier molecular flexibility index (Phi) is 4.01. The van der Waals surface area contributed by atoms with Gasteiger partial charge in [-0.25, -0.2) is 0 Å². The normalized spacial score (nSPS) is 17.2. The molecular weight excluding hydrogens is 230 g/mol. The van der Waals surface area contributed by atoms with E-state index in [-0.39, 0.29) is 12.0 Å². The number of hydrogen-bond acceptors (Lipinski definition) is 3. The Morgan fingerprint density at radius 3 is 2.67 bits per heavy atom. The van der Waals surface area contributed by atoms with Crippen LogP contribution in [0.3, 0.4) is 0 Å². The number of amides is 1. The Balaban J connectivity index is 2.15. The van der Waals surface area contributed by atoms with Crippen molar-refractivity contribution in [2.24, 2.45) is 0 Å². The average Bonchev–Trinajstić information content (AvgIpc) is 2.82. The highest BCUT2D eigenvalue weighted by atomic mass is 16.3. The van der Waals surface area contributed by atoms with E-state index in [2.05, 4.69) is 5.10 Å². The molecule has 5 nitrogen and oxygen atoms in total. The molecule has 18 heavy (non-hydrogen) atoms. The molecule has 1 N–H and O–H groups in total. The van der Waals surface area contributed by atoms with Crippen LogP contribution in [-0.2, 0) is 13.0 Å². The second kappa shape index (κ2) is 5.52. The number of hydrogen-bond donors (Lipinski definition) is 1. The molecule has 0 atom stereocenters. The molecule has 2 rings (SSSR count). The highest BCUT2D eigenvalue weighted by Gasteiger charge is 2.24. The van der Waals surface area contributed by atoms with Crippen LogP contribution in [0.25, 0.3) is 0 Å². The van der Waals surface area contributed by atoms with Gasteiger partial charge >= 0.3 is 0 Å². The summed E-state index contributed by atoms with van der Waals surface area (Å²) in [6, 6.07) is 1.89. The van der Waals surface area contributed by atoms with Gasteiger partial charge in [0.15, 0.2) is 0 Å². The molecule has 1 aromatic rings. The minimum atomic E-state index is -0.253. The van der Waals surface area contributed by atoms with E-state index in [0.29, 0.717) is 38.2 Å². The maximum atomic E-state index is 12.4. The summed E-state index contributed by atoms with van der Waals surface area (Å²) < 4.78 is 1.77. The number of aliphatic hydroxyl groups is 1. The van der Waals surface area contributed by atoms with Crippen molar-refractivity contribution in [3.8, 4) is 0 Å².